The van der Waals surface area contributed by atoms with Crippen LogP contribution in [0, 0.1) is 5.92 Å². The van der Waals surface area contributed by atoms with Crippen molar-refractivity contribution >= 4 is 28.3 Å². The highest BCUT2D eigenvalue weighted by Gasteiger charge is 2.35. The van der Waals surface area contributed by atoms with Gasteiger partial charge >= 0.3 is 0 Å². The summed E-state index contributed by atoms with van der Waals surface area (Å²) < 4.78 is 10.9. The molecule has 2 fully saturated rings. The van der Waals surface area contributed by atoms with E-state index in [1.165, 1.54) is 6.20 Å². The summed E-state index contributed by atoms with van der Waals surface area (Å²) in [5.74, 6) is -0.203. The van der Waals surface area contributed by atoms with Gasteiger partial charge in [-0.3, -0.25) is 9.59 Å². The molecule has 1 aromatic heterocycles. The number of carbonyl (C=O) groups excluding carboxylic acids is 2. The first-order valence-corrected chi connectivity index (χ1v) is 9.81. The van der Waals surface area contributed by atoms with E-state index in [1.807, 2.05) is 0 Å². The lowest BCUT2D eigenvalue weighted by molar-refractivity contribution is -0.129. The van der Waals surface area contributed by atoms with Crippen molar-refractivity contribution in [2.45, 2.75) is 50.3 Å². The standard InChI is InChI=1S/C17H26N4O4S/c1-24-13-8-10(15(22)20-11-4-6-25-7-5-11)2-3-12(13)21-16(23)14-9-19-17(18)26-14/h9-13H,2-8H2,1H3,(H2,18,19)(H,20,22)(H,21,23)/t10-,12+,13+/m0/s1. The van der Waals surface area contributed by atoms with Crippen LogP contribution in [0.15, 0.2) is 6.20 Å². The first-order valence-electron chi connectivity index (χ1n) is 9.00. The lowest BCUT2D eigenvalue weighted by Gasteiger charge is -2.35. The maximum atomic E-state index is 12.6. The van der Waals surface area contributed by atoms with E-state index < -0.39 is 0 Å². The van der Waals surface area contributed by atoms with Crippen LogP contribution in [0.1, 0.15) is 41.8 Å². The smallest absolute Gasteiger partial charge is 0.263 e. The quantitative estimate of drug-likeness (QED) is 0.698. The van der Waals surface area contributed by atoms with Gasteiger partial charge in [0.05, 0.1) is 18.3 Å². The van der Waals surface area contributed by atoms with Crippen molar-refractivity contribution in [3.05, 3.63) is 11.1 Å². The maximum Gasteiger partial charge on any atom is 0.263 e. The van der Waals surface area contributed by atoms with Gasteiger partial charge in [-0.1, -0.05) is 11.3 Å². The number of amides is 2. The van der Waals surface area contributed by atoms with Crippen molar-refractivity contribution in [3.8, 4) is 0 Å². The highest BCUT2D eigenvalue weighted by Crippen LogP contribution is 2.28. The monoisotopic (exact) mass is 382 g/mol. The molecule has 1 saturated heterocycles. The van der Waals surface area contributed by atoms with Crippen LogP contribution in [0.3, 0.4) is 0 Å². The van der Waals surface area contributed by atoms with E-state index in [0.717, 1.165) is 30.6 Å². The van der Waals surface area contributed by atoms with Crippen molar-refractivity contribution in [2.24, 2.45) is 5.92 Å². The van der Waals surface area contributed by atoms with Crippen LogP contribution in [0.4, 0.5) is 5.13 Å². The number of hydrogen-bond acceptors (Lipinski definition) is 7. The lowest BCUT2D eigenvalue weighted by atomic mass is 9.83. The predicted octanol–water partition coefficient (Wildman–Crippen LogP) is 0.934. The molecule has 8 nitrogen and oxygen atoms in total. The van der Waals surface area contributed by atoms with Crippen molar-refractivity contribution in [1.29, 1.82) is 0 Å². The average Bonchev–Trinajstić information content (AvgIpc) is 3.09. The Hall–Kier alpha value is -1.71. The fourth-order valence-electron chi connectivity index (χ4n) is 3.59. The molecule has 0 bridgehead atoms. The summed E-state index contributed by atoms with van der Waals surface area (Å²) in [6.45, 7) is 1.40. The number of ether oxygens (including phenoxy) is 2. The van der Waals surface area contributed by atoms with Gasteiger partial charge in [0.15, 0.2) is 5.13 Å². The molecule has 3 rings (SSSR count). The van der Waals surface area contributed by atoms with Gasteiger partial charge in [0.1, 0.15) is 4.88 Å². The van der Waals surface area contributed by atoms with Gasteiger partial charge < -0.3 is 25.8 Å². The van der Waals surface area contributed by atoms with Crippen LogP contribution in [-0.4, -0.2) is 55.3 Å². The largest absolute Gasteiger partial charge is 0.381 e. The van der Waals surface area contributed by atoms with Crippen LogP contribution in [0.25, 0.3) is 0 Å². The van der Waals surface area contributed by atoms with E-state index in [9.17, 15) is 9.59 Å². The Morgan fingerprint density at radius 1 is 1.27 bits per heavy atom. The number of nitrogens with one attached hydrogen (secondary N) is 2. The average molecular weight is 382 g/mol. The fraction of sp³-hybridized carbons (Fsp3) is 0.706. The third-order valence-electron chi connectivity index (χ3n) is 5.10. The summed E-state index contributed by atoms with van der Waals surface area (Å²) in [6, 6.07) is 0.0782. The summed E-state index contributed by atoms with van der Waals surface area (Å²) in [6.07, 6.45) is 5.04. The second-order valence-corrected chi connectivity index (χ2v) is 7.88. The Kier molecular flexibility index (Phi) is 6.44. The van der Waals surface area contributed by atoms with E-state index in [4.69, 9.17) is 15.2 Å². The second-order valence-electron chi connectivity index (χ2n) is 6.82. The number of nitrogen functional groups attached to an aromatic ring is 1. The molecule has 26 heavy (non-hydrogen) atoms. The van der Waals surface area contributed by atoms with Gasteiger partial charge in [0.25, 0.3) is 5.91 Å². The fourth-order valence-corrected chi connectivity index (χ4v) is 4.17. The van der Waals surface area contributed by atoms with Gasteiger partial charge in [0, 0.05) is 32.3 Å². The van der Waals surface area contributed by atoms with E-state index >= 15 is 0 Å². The molecule has 0 spiro atoms. The van der Waals surface area contributed by atoms with Crippen LogP contribution in [0.2, 0.25) is 0 Å². The summed E-state index contributed by atoms with van der Waals surface area (Å²) in [5.41, 5.74) is 5.58. The SMILES string of the molecule is CO[C@@H]1C[C@@H](C(=O)NC2CCOCC2)CC[C@H]1NC(=O)c1cnc(N)s1. The minimum absolute atomic E-state index is 0.0824. The Balaban J connectivity index is 1.52. The Morgan fingerprint density at radius 2 is 2.04 bits per heavy atom. The normalized spacial score (nSPS) is 27.0. The Morgan fingerprint density at radius 3 is 2.69 bits per heavy atom. The number of hydrogen-bond donors (Lipinski definition) is 3. The third-order valence-corrected chi connectivity index (χ3v) is 5.92. The second kappa shape index (κ2) is 8.79. The molecule has 1 aliphatic carbocycles. The minimum atomic E-state index is -0.198. The topological polar surface area (TPSA) is 116 Å². The number of carbonyl (C=O) groups is 2. The molecular weight excluding hydrogens is 356 g/mol. The van der Waals surface area contributed by atoms with E-state index in [0.29, 0.717) is 36.1 Å². The number of rotatable bonds is 5. The van der Waals surface area contributed by atoms with Gasteiger partial charge in [-0.25, -0.2) is 4.98 Å². The molecule has 0 aromatic carbocycles. The Bertz CT molecular complexity index is 632. The number of aromatic nitrogens is 1. The minimum Gasteiger partial charge on any atom is -0.381 e. The molecule has 2 heterocycles. The van der Waals surface area contributed by atoms with E-state index in [1.54, 1.807) is 7.11 Å². The van der Waals surface area contributed by atoms with Gasteiger partial charge in [-0.15, -0.1) is 0 Å². The number of thiazole rings is 1. The molecule has 2 amide bonds. The van der Waals surface area contributed by atoms with Crippen LogP contribution < -0.4 is 16.4 Å². The zero-order valence-corrected chi connectivity index (χ0v) is 15.7. The number of nitrogens with zero attached hydrogens (tertiary/aromatic N) is 1. The molecule has 144 valence electrons. The maximum absolute atomic E-state index is 12.6. The molecule has 4 N–H and O–H groups in total. The molecule has 0 radical (unpaired) electrons. The molecular formula is C17H26N4O4S. The van der Waals surface area contributed by atoms with Gasteiger partial charge in [-0.05, 0) is 32.1 Å². The van der Waals surface area contributed by atoms with Crippen LogP contribution in [0.5, 0.6) is 0 Å². The van der Waals surface area contributed by atoms with Crippen molar-refractivity contribution in [3.63, 3.8) is 0 Å². The molecule has 1 saturated carbocycles. The zero-order chi connectivity index (χ0) is 18.5. The zero-order valence-electron chi connectivity index (χ0n) is 14.9. The summed E-state index contributed by atoms with van der Waals surface area (Å²) in [5, 5.41) is 6.50. The van der Waals surface area contributed by atoms with Crippen LogP contribution >= 0.6 is 11.3 Å². The molecule has 2 aliphatic rings. The van der Waals surface area contributed by atoms with E-state index in [2.05, 4.69) is 15.6 Å². The number of anilines is 1. The lowest BCUT2D eigenvalue weighted by Crippen LogP contribution is -2.51. The predicted molar refractivity (Wildman–Crippen MR) is 97.9 cm³/mol. The number of nitrogens with two attached hydrogens (primary N) is 1. The molecule has 9 heteroatoms. The van der Waals surface area contributed by atoms with E-state index in [-0.39, 0.29) is 35.9 Å². The molecule has 1 aliphatic heterocycles. The highest BCUT2D eigenvalue weighted by atomic mass is 32.1. The summed E-state index contributed by atoms with van der Waals surface area (Å²) in [7, 11) is 1.62. The van der Waals surface area contributed by atoms with Crippen molar-refractivity contribution in [2.75, 3.05) is 26.1 Å². The summed E-state index contributed by atoms with van der Waals surface area (Å²) >= 11 is 1.16. The number of methoxy groups -OCH3 is 1. The third kappa shape index (κ3) is 4.72. The molecule has 1 aromatic rings. The van der Waals surface area contributed by atoms with Crippen LogP contribution in [-0.2, 0) is 14.3 Å². The molecule has 3 atom stereocenters. The van der Waals surface area contributed by atoms with Crippen molar-refractivity contribution < 1.29 is 19.1 Å². The Labute approximate surface area is 156 Å². The highest BCUT2D eigenvalue weighted by molar-refractivity contribution is 7.17. The van der Waals surface area contributed by atoms with Gasteiger partial charge in [0.2, 0.25) is 5.91 Å². The van der Waals surface area contributed by atoms with Crippen molar-refractivity contribution in [1.82, 2.24) is 15.6 Å². The first kappa shape index (κ1) is 19.1. The first-order chi connectivity index (χ1) is 12.6. The molecule has 0 unspecified atom stereocenters. The summed E-state index contributed by atoms with van der Waals surface area (Å²) in [4.78, 5) is 29.3. The van der Waals surface area contributed by atoms with Gasteiger partial charge in [-0.2, -0.15) is 0 Å².